The first-order valence-electron chi connectivity index (χ1n) is 6.42. The molecule has 2 aromatic carbocycles. The maximum absolute atomic E-state index is 11.0. The van der Waals surface area contributed by atoms with Gasteiger partial charge in [0.2, 0.25) is 5.91 Å². The number of benzene rings is 2. The molecule has 0 aliphatic carbocycles. The van der Waals surface area contributed by atoms with Crippen LogP contribution in [0.15, 0.2) is 48.5 Å². The smallest absolute Gasteiger partial charge is 0.248 e. The number of aliphatic hydroxyl groups excluding tert-OH is 1. The number of rotatable bonds is 5. The second kappa shape index (κ2) is 6.55. The minimum atomic E-state index is -0.687. The van der Waals surface area contributed by atoms with Crippen molar-refractivity contribution in [2.45, 2.75) is 6.10 Å². The van der Waals surface area contributed by atoms with Crippen LogP contribution in [0.1, 0.15) is 27.6 Å². The zero-order valence-corrected chi connectivity index (χ0v) is 11.3. The van der Waals surface area contributed by atoms with Crippen LogP contribution >= 0.6 is 0 Å². The van der Waals surface area contributed by atoms with E-state index in [0.29, 0.717) is 17.7 Å². The monoisotopic (exact) mass is 281 g/mol. The first-order chi connectivity index (χ1) is 10.1. The summed E-state index contributed by atoms with van der Waals surface area (Å²) in [6.07, 6.45) is -0.687. The lowest BCUT2D eigenvalue weighted by Crippen LogP contribution is -2.13. The van der Waals surface area contributed by atoms with Gasteiger partial charge in [0.05, 0.1) is 17.7 Å². The van der Waals surface area contributed by atoms with Gasteiger partial charge in [0.1, 0.15) is 0 Å². The first kappa shape index (κ1) is 14.6. The summed E-state index contributed by atoms with van der Waals surface area (Å²) in [5.74, 6) is -0.473. The molecule has 0 aliphatic heterocycles. The Morgan fingerprint density at radius 2 is 1.81 bits per heavy atom. The lowest BCUT2D eigenvalue weighted by atomic mass is 10.1. The van der Waals surface area contributed by atoms with E-state index in [2.05, 4.69) is 5.32 Å². The number of nitrogens with two attached hydrogens (primary N) is 1. The number of nitriles is 1. The Hall–Kier alpha value is -2.84. The van der Waals surface area contributed by atoms with E-state index >= 15 is 0 Å². The van der Waals surface area contributed by atoms with Crippen LogP contribution in [0, 0.1) is 11.3 Å². The minimum absolute atomic E-state index is 0.321. The number of hydrogen-bond acceptors (Lipinski definition) is 4. The summed E-state index contributed by atoms with van der Waals surface area (Å²) in [6, 6.07) is 15.5. The average molecular weight is 281 g/mol. The van der Waals surface area contributed by atoms with Gasteiger partial charge in [-0.05, 0) is 42.0 Å². The third-order valence-electron chi connectivity index (χ3n) is 3.09. The molecule has 0 aromatic heterocycles. The lowest BCUT2D eigenvalue weighted by Gasteiger charge is -2.13. The van der Waals surface area contributed by atoms with Crippen molar-refractivity contribution in [3.63, 3.8) is 0 Å². The normalized spacial score (nSPS) is 11.4. The third kappa shape index (κ3) is 3.81. The molecule has 0 radical (unpaired) electrons. The number of carbonyl (C=O) groups excluding carboxylic acids is 1. The van der Waals surface area contributed by atoms with E-state index in [-0.39, 0.29) is 0 Å². The van der Waals surface area contributed by atoms with Gasteiger partial charge in [-0.2, -0.15) is 5.26 Å². The summed E-state index contributed by atoms with van der Waals surface area (Å²) in [6.45, 7) is 0.321. The molecule has 0 saturated heterocycles. The van der Waals surface area contributed by atoms with Crippen molar-refractivity contribution in [2.24, 2.45) is 5.73 Å². The van der Waals surface area contributed by atoms with Crippen LogP contribution in [0.3, 0.4) is 0 Å². The van der Waals surface area contributed by atoms with E-state index in [1.54, 1.807) is 48.5 Å². The minimum Gasteiger partial charge on any atom is -0.387 e. The van der Waals surface area contributed by atoms with Crippen molar-refractivity contribution in [1.29, 1.82) is 5.26 Å². The van der Waals surface area contributed by atoms with Crippen LogP contribution in [-0.4, -0.2) is 17.6 Å². The summed E-state index contributed by atoms with van der Waals surface area (Å²) in [5, 5.41) is 21.9. The van der Waals surface area contributed by atoms with Gasteiger partial charge >= 0.3 is 0 Å². The van der Waals surface area contributed by atoms with Crippen LogP contribution in [0.5, 0.6) is 0 Å². The number of anilines is 1. The van der Waals surface area contributed by atoms with Gasteiger partial charge < -0.3 is 16.2 Å². The molecule has 1 atom stereocenters. The van der Waals surface area contributed by atoms with Crippen LogP contribution < -0.4 is 11.1 Å². The van der Waals surface area contributed by atoms with Crippen molar-refractivity contribution in [1.82, 2.24) is 0 Å². The molecular formula is C16H15N3O2. The summed E-state index contributed by atoms with van der Waals surface area (Å²) in [4.78, 5) is 11.0. The van der Waals surface area contributed by atoms with Gasteiger partial charge in [0.25, 0.3) is 0 Å². The van der Waals surface area contributed by atoms with Crippen molar-refractivity contribution < 1.29 is 9.90 Å². The van der Waals surface area contributed by atoms with Gasteiger partial charge in [-0.25, -0.2) is 0 Å². The number of nitrogens with one attached hydrogen (secondary N) is 1. The van der Waals surface area contributed by atoms with E-state index in [4.69, 9.17) is 11.0 Å². The molecule has 1 amide bonds. The number of primary amides is 1. The molecule has 106 valence electrons. The van der Waals surface area contributed by atoms with E-state index in [9.17, 15) is 9.90 Å². The highest BCUT2D eigenvalue weighted by molar-refractivity contribution is 5.93. The van der Waals surface area contributed by atoms with Gasteiger partial charge in [0.15, 0.2) is 0 Å². The summed E-state index contributed by atoms with van der Waals surface area (Å²) >= 11 is 0. The molecule has 2 rings (SSSR count). The van der Waals surface area contributed by atoms with E-state index in [1.807, 2.05) is 6.07 Å². The van der Waals surface area contributed by atoms with Crippen molar-refractivity contribution >= 4 is 11.6 Å². The fraction of sp³-hybridized carbons (Fsp3) is 0.125. The lowest BCUT2D eigenvalue weighted by molar-refractivity contribution is 0.100. The van der Waals surface area contributed by atoms with Gasteiger partial charge in [0, 0.05) is 17.8 Å². The number of amides is 1. The third-order valence-corrected chi connectivity index (χ3v) is 3.09. The van der Waals surface area contributed by atoms with Crippen molar-refractivity contribution in [2.75, 3.05) is 11.9 Å². The average Bonchev–Trinajstić information content (AvgIpc) is 2.53. The zero-order chi connectivity index (χ0) is 15.2. The second-order valence-electron chi connectivity index (χ2n) is 4.57. The molecule has 0 heterocycles. The number of nitrogens with zero attached hydrogens (tertiary/aromatic N) is 1. The van der Waals surface area contributed by atoms with Gasteiger partial charge in [-0.3, -0.25) is 4.79 Å². The predicted octanol–water partition coefficient (Wildman–Crippen LogP) is 1.80. The molecule has 0 saturated carbocycles. The van der Waals surface area contributed by atoms with Crippen LogP contribution in [-0.2, 0) is 0 Å². The Balaban J connectivity index is 1.95. The molecule has 21 heavy (non-hydrogen) atoms. The highest BCUT2D eigenvalue weighted by Gasteiger charge is 2.07. The van der Waals surface area contributed by atoms with E-state index < -0.39 is 12.0 Å². The highest BCUT2D eigenvalue weighted by Crippen LogP contribution is 2.16. The highest BCUT2D eigenvalue weighted by atomic mass is 16.3. The van der Waals surface area contributed by atoms with Crippen molar-refractivity contribution in [3.05, 3.63) is 65.2 Å². The number of aliphatic hydroxyl groups is 1. The van der Waals surface area contributed by atoms with Gasteiger partial charge in [-0.15, -0.1) is 0 Å². The molecule has 0 spiro atoms. The topological polar surface area (TPSA) is 99.1 Å². The predicted molar refractivity (Wildman–Crippen MR) is 79.6 cm³/mol. The number of hydrogen-bond donors (Lipinski definition) is 3. The molecule has 4 N–H and O–H groups in total. The Morgan fingerprint density at radius 3 is 2.33 bits per heavy atom. The quantitative estimate of drug-likeness (QED) is 0.778. The Morgan fingerprint density at radius 1 is 1.19 bits per heavy atom. The summed E-state index contributed by atoms with van der Waals surface area (Å²) in [7, 11) is 0. The van der Waals surface area contributed by atoms with Crippen LogP contribution in [0.4, 0.5) is 5.69 Å². The maximum atomic E-state index is 11.0. The maximum Gasteiger partial charge on any atom is 0.248 e. The standard InChI is InChI=1S/C16H15N3O2/c17-9-11-1-3-12(4-2-11)15(20)10-19-14-7-5-13(6-8-14)16(18)21/h1-8,15,19-20H,10H2,(H2,18,21). The van der Waals surface area contributed by atoms with E-state index in [1.165, 1.54) is 0 Å². The summed E-state index contributed by atoms with van der Waals surface area (Å²) < 4.78 is 0. The molecule has 5 heteroatoms. The fourth-order valence-corrected chi connectivity index (χ4v) is 1.86. The first-order valence-corrected chi connectivity index (χ1v) is 6.42. The molecule has 1 unspecified atom stereocenters. The molecular weight excluding hydrogens is 266 g/mol. The molecule has 0 bridgehead atoms. The molecule has 0 fully saturated rings. The fourth-order valence-electron chi connectivity index (χ4n) is 1.86. The van der Waals surface area contributed by atoms with E-state index in [0.717, 1.165) is 11.3 Å². The summed E-state index contributed by atoms with van der Waals surface area (Å²) in [5.41, 5.74) is 7.67. The molecule has 2 aromatic rings. The zero-order valence-electron chi connectivity index (χ0n) is 11.3. The second-order valence-corrected chi connectivity index (χ2v) is 4.57. The van der Waals surface area contributed by atoms with Crippen LogP contribution in [0.25, 0.3) is 0 Å². The Kier molecular flexibility index (Phi) is 4.54. The number of carbonyl (C=O) groups is 1. The Bertz CT molecular complexity index is 657. The van der Waals surface area contributed by atoms with Crippen LogP contribution in [0.2, 0.25) is 0 Å². The molecule has 0 aliphatic rings. The SMILES string of the molecule is N#Cc1ccc(C(O)CNc2ccc(C(N)=O)cc2)cc1. The van der Waals surface area contributed by atoms with Gasteiger partial charge in [-0.1, -0.05) is 12.1 Å². The Labute approximate surface area is 122 Å². The van der Waals surface area contributed by atoms with Crippen molar-refractivity contribution in [3.8, 4) is 6.07 Å². The molecule has 5 nitrogen and oxygen atoms in total. The largest absolute Gasteiger partial charge is 0.387 e.